The van der Waals surface area contributed by atoms with Crippen LogP contribution >= 0.6 is 33.9 Å². The van der Waals surface area contributed by atoms with Crippen LogP contribution in [0.15, 0.2) is 29.6 Å². The third kappa shape index (κ3) is 3.32. The normalized spacial score (nSPS) is 26.0. The molecule has 1 aromatic carbocycles. The molecule has 1 saturated carbocycles. The number of halogens is 1. The molecule has 2 aromatic rings. The highest BCUT2D eigenvalue weighted by molar-refractivity contribution is 14.1. The molecule has 112 valence electrons. The lowest BCUT2D eigenvalue weighted by Crippen LogP contribution is -2.40. The monoisotopic (exact) mass is 412 g/mol. The molecule has 0 saturated heterocycles. The Morgan fingerprint density at radius 2 is 1.95 bits per heavy atom. The van der Waals surface area contributed by atoms with Gasteiger partial charge in [-0.05, 0) is 66.3 Å². The molecule has 0 amide bonds. The largest absolute Gasteiger partial charge is 0.319 e. The third-order valence-electron chi connectivity index (χ3n) is 4.64. The first-order chi connectivity index (χ1) is 10.1. The predicted octanol–water partition coefficient (Wildman–Crippen LogP) is 5.17. The standard InChI is InChI=1S/C17H21IN2S/c1-2-12-7-9-17(19,10-8-12)16-20-15(11-21-16)13-3-5-14(18)6-4-13/h3-6,11-12H,2,7-10,19H2,1H3. The molecule has 0 bridgehead atoms. The van der Waals surface area contributed by atoms with Crippen LogP contribution < -0.4 is 5.73 Å². The van der Waals surface area contributed by atoms with Crippen LogP contribution in [0.3, 0.4) is 0 Å². The summed E-state index contributed by atoms with van der Waals surface area (Å²) < 4.78 is 1.25. The minimum Gasteiger partial charge on any atom is -0.319 e. The summed E-state index contributed by atoms with van der Waals surface area (Å²) >= 11 is 4.05. The molecule has 1 aliphatic rings. The van der Waals surface area contributed by atoms with Gasteiger partial charge in [-0.2, -0.15) is 0 Å². The summed E-state index contributed by atoms with van der Waals surface area (Å²) in [5.74, 6) is 0.859. The van der Waals surface area contributed by atoms with Crippen molar-refractivity contribution in [1.29, 1.82) is 0 Å². The molecule has 2 N–H and O–H groups in total. The van der Waals surface area contributed by atoms with E-state index in [1.54, 1.807) is 11.3 Å². The molecule has 1 heterocycles. The van der Waals surface area contributed by atoms with Crippen LogP contribution in [0.2, 0.25) is 0 Å². The summed E-state index contributed by atoms with van der Waals surface area (Å²) in [7, 11) is 0. The zero-order chi connectivity index (χ0) is 14.9. The lowest BCUT2D eigenvalue weighted by molar-refractivity contribution is 0.231. The molecule has 0 spiro atoms. The second-order valence-corrected chi connectivity index (χ2v) is 8.16. The summed E-state index contributed by atoms with van der Waals surface area (Å²) in [5, 5.41) is 3.27. The number of hydrogen-bond acceptors (Lipinski definition) is 3. The molecule has 1 fully saturated rings. The Balaban J connectivity index is 1.80. The van der Waals surface area contributed by atoms with E-state index in [2.05, 4.69) is 59.2 Å². The molecule has 0 atom stereocenters. The fraction of sp³-hybridized carbons (Fsp3) is 0.471. The molecule has 3 rings (SSSR count). The molecule has 4 heteroatoms. The molecule has 21 heavy (non-hydrogen) atoms. The number of hydrogen-bond donors (Lipinski definition) is 1. The van der Waals surface area contributed by atoms with Crippen molar-refractivity contribution in [2.75, 3.05) is 0 Å². The number of nitrogens with zero attached hydrogens (tertiary/aromatic N) is 1. The summed E-state index contributed by atoms with van der Waals surface area (Å²) in [6.45, 7) is 2.28. The van der Waals surface area contributed by atoms with Crippen molar-refractivity contribution in [1.82, 2.24) is 4.98 Å². The summed E-state index contributed by atoms with van der Waals surface area (Å²) in [4.78, 5) is 4.85. The van der Waals surface area contributed by atoms with Gasteiger partial charge in [0.1, 0.15) is 5.01 Å². The van der Waals surface area contributed by atoms with Crippen molar-refractivity contribution in [2.45, 2.75) is 44.6 Å². The Morgan fingerprint density at radius 3 is 2.57 bits per heavy atom. The average molecular weight is 412 g/mol. The molecular weight excluding hydrogens is 391 g/mol. The summed E-state index contributed by atoms with van der Waals surface area (Å²) in [5.41, 5.74) is 8.71. The van der Waals surface area contributed by atoms with Crippen LogP contribution in [-0.4, -0.2) is 4.98 Å². The van der Waals surface area contributed by atoms with Crippen molar-refractivity contribution in [3.63, 3.8) is 0 Å². The van der Waals surface area contributed by atoms with Crippen molar-refractivity contribution in [3.8, 4) is 11.3 Å². The highest BCUT2D eigenvalue weighted by Crippen LogP contribution is 2.40. The van der Waals surface area contributed by atoms with Gasteiger partial charge in [-0.3, -0.25) is 0 Å². The van der Waals surface area contributed by atoms with Gasteiger partial charge in [-0.15, -0.1) is 11.3 Å². The Bertz CT molecular complexity index is 598. The number of benzene rings is 1. The van der Waals surface area contributed by atoms with Crippen molar-refractivity contribution in [2.24, 2.45) is 11.7 Å². The van der Waals surface area contributed by atoms with Gasteiger partial charge >= 0.3 is 0 Å². The van der Waals surface area contributed by atoms with Gasteiger partial charge in [0.05, 0.1) is 11.2 Å². The lowest BCUT2D eigenvalue weighted by atomic mass is 9.76. The zero-order valence-electron chi connectivity index (χ0n) is 12.3. The van der Waals surface area contributed by atoms with Crippen LogP contribution in [0.1, 0.15) is 44.0 Å². The summed E-state index contributed by atoms with van der Waals surface area (Å²) in [6, 6.07) is 8.52. The van der Waals surface area contributed by atoms with Crippen molar-refractivity contribution in [3.05, 3.63) is 38.2 Å². The Hall–Kier alpha value is -0.460. The van der Waals surface area contributed by atoms with E-state index in [-0.39, 0.29) is 5.54 Å². The lowest BCUT2D eigenvalue weighted by Gasteiger charge is -2.35. The van der Waals surface area contributed by atoms with E-state index in [0.29, 0.717) is 0 Å². The number of rotatable bonds is 3. The van der Waals surface area contributed by atoms with E-state index in [9.17, 15) is 0 Å². The van der Waals surface area contributed by atoms with Gasteiger partial charge in [-0.25, -0.2) is 4.98 Å². The molecule has 0 radical (unpaired) electrons. The zero-order valence-corrected chi connectivity index (χ0v) is 15.3. The van der Waals surface area contributed by atoms with E-state index in [1.807, 2.05) is 0 Å². The SMILES string of the molecule is CCC1CCC(N)(c2nc(-c3ccc(I)cc3)cs2)CC1. The van der Waals surface area contributed by atoms with Crippen LogP contribution in [-0.2, 0) is 5.54 Å². The van der Waals surface area contributed by atoms with Gasteiger partial charge in [0.2, 0.25) is 0 Å². The van der Waals surface area contributed by atoms with E-state index in [0.717, 1.165) is 29.5 Å². The Morgan fingerprint density at radius 1 is 1.29 bits per heavy atom. The number of thiazole rings is 1. The quantitative estimate of drug-likeness (QED) is 0.707. The van der Waals surface area contributed by atoms with Crippen LogP contribution in [0.4, 0.5) is 0 Å². The molecule has 0 unspecified atom stereocenters. The van der Waals surface area contributed by atoms with Gasteiger partial charge in [0.25, 0.3) is 0 Å². The van der Waals surface area contributed by atoms with Gasteiger partial charge in [-0.1, -0.05) is 25.5 Å². The van der Waals surface area contributed by atoms with Gasteiger partial charge < -0.3 is 5.73 Å². The molecule has 0 aliphatic heterocycles. The highest BCUT2D eigenvalue weighted by Gasteiger charge is 2.35. The molecule has 1 aliphatic carbocycles. The minimum atomic E-state index is -0.197. The van der Waals surface area contributed by atoms with E-state index >= 15 is 0 Å². The fourth-order valence-electron chi connectivity index (χ4n) is 3.07. The second-order valence-electron chi connectivity index (χ2n) is 6.05. The van der Waals surface area contributed by atoms with Crippen molar-refractivity contribution >= 4 is 33.9 Å². The third-order valence-corrected chi connectivity index (χ3v) is 6.43. The first kappa shape index (κ1) is 15.4. The maximum atomic E-state index is 6.66. The number of aromatic nitrogens is 1. The second kappa shape index (κ2) is 6.34. The topological polar surface area (TPSA) is 38.9 Å². The molecule has 1 aromatic heterocycles. The van der Waals surface area contributed by atoms with Gasteiger partial charge in [0, 0.05) is 14.5 Å². The van der Waals surface area contributed by atoms with E-state index < -0.39 is 0 Å². The Kier molecular flexibility index (Phi) is 4.66. The van der Waals surface area contributed by atoms with Crippen LogP contribution in [0.5, 0.6) is 0 Å². The first-order valence-electron chi connectivity index (χ1n) is 7.61. The smallest absolute Gasteiger partial charge is 0.113 e. The number of nitrogens with two attached hydrogens (primary N) is 1. The summed E-state index contributed by atoms with van der Waals surface area (Å²) in [6.07, 6.45) is 5.91. The van der Waals surface area contributed by atoms with Crippen molar-refractivity contribution < 1.29 is 0 Å². The van der Waals surface area contributed by atoms with E-state index in [4.69, 9.17) is 10.7 Å². The minimum absolute atomic E-state index is 0.197. The van der Waals surface area contributed by atoms with Gasteiger partial charge in [0.15, 0.2) is 0 Å². The van der Waals surface area contributed by atoms with Crippen LogP contribution in [0.25, 0.3) is 11.3 Å². The predicted molar refractivity (Wildman–Crippen MR) is 98.4 cm³/mol. The molecular formula is C17H21IN2S. The maximum Gasteiger partial charge on any atom is 0.113 e. The Labute approximate surface area is 144 Å². The average Bonchev–Trinajstić information content (AvgIpc) is 2.99. The first-order valence-corrected chi connectivity index (χ1v) is 9.57. The maximum absolute atomic E-state index is 6.66. The molecule has 2 nitrogen and oxygen atoms in total. The highest BCUT2D eigenvalue weighted by atomic mass is 127. The fourth-order valence-corrected chi connectivity index (χ4v) is 4.43. The van der Waals surface area contributed by atoms with E-state index in [1.165, 1.54) is 28.4 Å². The van der Waals surface area contributed by atoms with Crippen LogP contribution in [0, 0.1) is 9.49 Å².